The van der Waals surface area contributed by atoms with E-state index in [1.165, 1.54) is 19.2 Å². The molecule has 0 heterocycles. The maximum Gasteiger partial charge on any atom is 0.244 e. The van der Waals surface area contributed by atoms with Crippen LogP contribution in [0.3, 0.4) is 0 Å². The minimum Gasteiger partial charge on any atom is -0.495 e. The van der Waals surface area contributed by atoms with Gasteiger partial charge in [-0.25, -0.2) is 21.6 Å². The molecule has 1 N–H and O–H groups in total. The first-order valence-corrected chi connectivity index (χ1v) is 9.94. The molecule has 0 spiro atoms. The molecule has 0 saturated heterocycles. The van der Waals surface area contributed by atoms with Crippen molar-refractivity contribution < 1.29 is 26.3 Å². The summed E-state index contributed by atoms with van der Waals surface area (Å²) in [4.78, 5) is -0.311. The Balaban J connectivity index is 3.06. The molecular weight excluding hydrogens is 330 g/mol. The smallest absolute Gasteiger partial charge is 0.244 e. The first-order valence-electron chi connectivity index (χ1n) is 6.57. The topological polar surface area (TPSA) is 98.8 Å². The molecule has 0 aliphatic heterocycles. The largest absolute Gasteiger partial charge is 0.495 e. The minimum absolute atomic E-state index is 0.00685. The Morgan fingerprint density at radius 3 is 2.32 bits per heavy atom. The third-order valence-electron chi connectivity index (χ3n) is 2.70. The van der Waals surface area contributed by atoms with Gasteiger partial charge in [0.05, 0.1) is 24.7 Å². The van der Waals surface area contributed by atoms with Crippen molar-refractivity contribution in [1.82, 2.24) is 4.72 Å². The summed E-state index contributed by atoms with van der Waals surface area (Å²) < 4.78 is 60.3. The average Bonchev–Trinajstić information content (AvgIpc) is 2.41. The molecule has 0 aliphatic rings. The van der Waals surface area contributed by atoms with E-state index >= 15 is 0 Å². The maximum absolute atomic E-state index is 12.3. The Kier molecular flexibility index (Phi) is 6.36. The summed E-state index contributed by atoms with van der Waals surface area (Å²) in [7, 11) is -6.11. The van der Waals surface area contributed by atoms with Crippen molar-refractivity contribution in [3.05, 3.63) is 18.2 Å². The molecular formula is C13H21NO6S2. The fourth-order valence-electron chi connectivity index (χ4n) is 1.65. The lowest BCUT2D eigenvalue weighted by Crippen LogP contribution is -2.28. The average molecular weight is 351 g/mol. The van der Waals surface area contributed by atoms with Gasteiger partial charge in [0.1, 0.15) is 10.6 Å². The highest BCUT2D eigenvalue weighted by Gasteiger charge is 2.22. The zero-order valence-corrected chi connectivity index (χ0v) is 14.6. The predicted octanol–water partition coefficient (Wildman–Crippen LogP) is 0.802. The number of sulfone groups is 1. The molecule has 0 amide bonds. The van der Waals surface area contributed by atoms with Crippen LogP contribution < -0.4 is 9.46 Å². The van der Waals surface area contributed by atoms with Crippen LogP contribution in [0.4, 0.5) is 0 Å². The number of rotatable bonds is 8. The van der Waals surface area contributed by atoms with Crippen molar-refractivity contribution >= 4 is 19.9 Å². The molecule has 1 rings (SSSR count). The van der Waals surface area contributed by atoms with Gasteiger partial charge in [-0.3, -0.25) is 0 Å². The van der Waals surface area contributed by atoms with Gasteiger partial charge in [-0.2, -0.15) is 0 Å². The van der Waals surface area contributed by atoms with E-state index in [1.54, 1.807) is 0 Å². The van der Waals surface area contributed by atoms with Crippen LogP contribution in [-0.4, -0.2) is 49.5 Å². The lowest BCUT2D eigenvalue weighted by atomic mass is 10.3. The highest BCUT2D eigenvalue weighted by Crippen LogP contribution is 2.26. The second-order valence-electron chi connectivity index (χ2n) is 4.90. The standard InChI is InChI=1S/C13H21NO6S2/c1-10(2)20-8-7-14-22(17,18)13-9-11(21(4,15)16)5-6-12(13)19-3/h5-6,9-10,14H,7-8H2,1-4H3. The molecule has 0 aromatic heterocycles. The maximum atomic E-state index is 12.3. The summed E-state index contributed by atoms with van der Waals surface area (Å²) in [5, 5.41) is 0. The molecule has 0 aliphatic carbocycles. The van der Waals surface area contributed by atoms with E-state index in [9.17, 15) is 16.8 Å². The molecule has 7 nitrogen and oxygen atoms in total. The minimum atomic E-state index is -3.90. The summed E-state index contributed by atoms with van der Waals surface area (Å²) in [5.74, 6) is 0.0738. The van der Waals surface area contributed by atoms with Gasteiger partial charge in [0.15, 0.2) is 9.84 Å². The molecule has 0 bridgehead atoms. The van der Waals surface area contributed by atoms with Gasteiger partial charge in [-0.15, -0.1) is 0 Å². The van der Waals surface area contributed by atoms with Crippen LogP contribution in [0.15, 0.2) is 28.0 Å². The van der Waals surface area contributed by atoms with Gasteiger partial charge in [-0.1, -0.05) is 0 Å². The molecule has 0 radical (unpaired) electrons. The Morgan fingerprint density at radius 1 is 1.18 bits per heavy atom. The summed E-state index contributed by atoms with van der Waals surface area (Å²) in [5.41, 5.74) is 0. The van der Waals surface area contributed by atoms with Crippen LogP contribution in [0.2, 0.25) is 0 Å². The van der Waals surface area contributed by atoms with Crippen molar-refractivity contribution in [1.29, 1.82) is 0 Å². The van der Waals surface area contributed by atoms with Crippen LogP contribution in [0.5, 0.6) is 5.75 Å². The van der Waals surface area contributed by atoms with Crippen molar-refractivity contribution in [3.8, 4) is 5.75 Å². The molecule has 0 saturated carbocycles. The molecule has 22 heavy (non-hydrogen) atoms. The van der Waals surface area contributed by atoms with E-state index in [2.05, 4.69) is 4.72 Å². The number of methoxy groups -OCH3 is 1. The number of hydrogen-bond acceptors (Lipinski definition) is 6. The van der Waals surface area contributed by atoms with Crippen molar-refractivity contribution in [2.24, 2.45) is 0 Å². The van der Waals surface area contributed by atoms with Crippen LogP contribution in [0.1, 0.15) is 13.8 Å². The summed E-state index contributed by atoms with van der Waals surface area (Å²) in [6, 6.07) is 3.70. The Bertz CT molecular complexity index is 710. The fourth-order valence-corrected chi connectivity index (χ4v) is 3.57. The van der Waals surface area contributed by atoms with Gasteiger partial charge in [0.25, 0.3) is 0 Å². The molecule has 9 heteroatoms. The molecule has 0 fully saturated rings. The van der Waals surface area contributed by atoms with Gasteiger partial charge in [0.2, 0.25) is 10.0 Å². The number of ether oxygens (including phenoxy) is 2. The zero-order valence-electron chi connectivity index (χ0n) is 13.0. The monoisotopic (exact) mass is 351 g/mol. The van der Waals surface area contributed by atoms with E-state index in [4.69, 9.17) is 9.47 Å². The van der Waals surface area contributed by atoms with Gasteiger partial charge < -0.3 is 9.47 Å². The second-order valence-corrected chi connectivity index (χ2v) is 8.65. The Morgan fingerprint density at radius 2 is 1.82 bits per heavy atom. The SMILES string of the molecule is COc1ccc(S(C)(=O)=O)cc1S(=O)(=O)NCCOC(C)C. The zero-order chi connectivity index (χ0) is 17.0. The number of hydrogen-bond donors (Lipinski definition) is 1. The molecule has 1 aromatic carbocycles. The van der Waals surface area contributed by atoms with Crippen LogP contribution in [0.25, 0.3) is 0 Å². The Labute approximate surface area is 131 Å². The van der Waals surface area contributed by atoms with Crippen LogP contribution in [-0.2, 0) is 24.6 Å². The first kappa shape index (κ1) is 18.9. The lowest BCUT2D eigenvalue weighted by Gasteiger charge is -2.13. The van der Waals surface area contributed by atoms with Gasteiger partial charge in [0, 0.05) is 12.8 Å². The molecule has 0 atom stereocenters. The predicted molar refractivity (Wildman–Crippen MR) is 82.4 cm³/mol. The number of benzene rings is 1. The summed E-state index contributed by atoms with van der Waals surface area (Å²) in [6.45, 7) is 3.97. The molecule has 1 aromatic rings. The van der Waals surface area contributed by atoms with Crippen molar-refractivity contribution in [2.75, 3.05) is 26.5 Å². The highest BCUT2D eigenvalue weighted by molar-refractivity contribution is 7.91. The van der Waals surface area contributed by atoms with Crippen LogP contribution >= 0.6 is 0 Å². The van der Waals surface area contributed by atoms with Gasteiger partial charge in [-0.05, 0) is 32.0 Å². The summed E-state index contributed by atoms with van der Waals surface area (Å²) >= 11 is 0. The first-order chi connectivity index (χ1) is 10.1. The van der Waals surface area contributed by atoms with Crippen LogP contribution in [0, 0.1) is 0 Å². The molecule has 0 unspecified atom stereocenters. The quantitative estimate of drug-likeness (QED) is 0.696. The van der Waals surface area contributed by atoms with E-state index in [0.29, 0.717) is 0 Å². The third-order valence-corrected chi connectivity index (χ3v) is 5.29. The van der Waals surface area contributed by atoms with E-state index in [0.717, 1.165) is 12.3 Å². The highest BCUT2D eigenvalue weighted by atomic mass is 32.2. The Hall–Kier alpha value is -1.16. The van der Waals surface area contributed by atoms with E-state index in [1.807, 2.05) is 13.8 Å². The van der Waals surface area contributed by atoms with E-state index in [-0.39, 0.29) is 34.8 Å². The van der Waals surface area contributed by atoms with E-state index < -0.39 is 19.9 Å². The lowest BCUT2D eigenvalue weighted by molar-refractivity contribution is 0.0834. The number of sulfonamides is 1. The number of nitrogens with one attached hydrogen (secondary N) is 1. The van der Waals surface area contributed by atoms with Crippen molar-refractivity contribution in [3.63, 3.8) is 0 Å². The third kappa shape index (κ3) is 5.24. The van der Waals surface area contributed by atoms with Crippen molar-refractivity contribution in [2.45, 2.75) is 29.7 Å². The van der Waals surface area contributed by atoms with Gasteiger partial charge >= 0.3 is 0 Å². The fraction of sp³-hybridized carbons (Fsp3) is 0.538. The molecule has 126 valence electrons. The normalized spacial score (nSPS) is 12.6. The summed E-state index contributed by atoms with van der Waals surface area (Å²) in [6.07, 6.45) is 1.00. The second kappa shape index (κ2) is 7.40.